The van der Waals surface area contributed by atoms with Gasteiger partial charge in [0.2, 0.25) is 0 Å². The van der Waals surface area contributed by atoms with Gasteiger partial charge in [0.15, 0.2) is 0 Å². The first-order valence-corrected chi connectivity index (χ1v) is 6.90. The SMILES string of the molecule is COC(C)CN1CC(C)(C2CC2)NCC1(C)C. The first kappa shape index (κ1) is 13.3. The molecule has 0 aromatic heterocycles. The molecular formula is C14H28N2O. The van der Waals surface area contributed by atoms with Gasteiger partial charge in [0.25, 0.3) is 0 Å². The number of rotatable bonds is 4. The van der Waals surface area contributed by atoms with Crippen LogP contribution in [0.4, 0.5) is 0 Å². The Kier molecular flexibility index (Phi) is 3.54. The largest absolute Gasteiger partial charge is 0.380 e. The smallest absolute Gasteiger partial charge is 0.0670 e. The van der Waals surface area contributed by atoms with Gasteiger partial charge in [0, 0.05) is 37.8 Å². The monoisotopic (exact) mass is 240 g/mol. The van der Waals surface area contributed by atoms with E-state index in [1.165, 1.54) is 12.8 Å². The molecule has 0 aromatic rings. The molecule has 2 aliphatic rings. The molecule has 3 heteroatoms. The molecule has 2 fully saturated rings. The summed E-state index contributed by atoms with van der Waals surface area (Å²) in [6.07, 6.45) is 3.12. The predicted molar refractivity (Wildman–Crippen MR) is 71.3 cm³/mol. The molecule has 1 aliphatic heterocycles. The van der Waals surface area contributed by atoms with E-state index in [-0.39, 0.29) is 5.54 Å². The van der Waals surface area contributed by atoms with E-state index in [2.05, 4.69) is 37.9 Å². The third-order valence-corrected chi connectivity index (χ3v) is 4.66. The van der Waals surface area contributed by atoms with Crippen LogP contribution in [0.5, 0.6) is 0 Å². The molecule has 0 amide bonds. The van der Waals surface area contributed by atoms with Crippen molar-refractivity contribution in [2.75, 3.05) is 26.7 Å². The van der Waals surface area contributed by atoms with Crippen molar-refractivity contribution in [1.29, 1.82) is 0 Å². The van der Waals surface area contributed by atoms with Crippen molar-refractivity contribution < 1.29 is 4.74 Å². The second kappa shape index (κ2) is 4.52. The average Bonchev–Trinajstić information content (AvgIpc) is 3.08. The Labute approximate surface area is 106 Å². The van der Waals surface area contributed by atoms with E-state index in [0.29, 0.717) is 11.6 Å². The Morgan fingerprint density at radius 2 is 2.00 bits per heavy atom. The van der Waals surface area contributed by atoms with Crippen LogP contribution in [-0.4, -0.2) is 48.8 Å². The maximum atomic E-state index is 5.43. The minimum atomic E-state index is 0.237. The van der Waals surface area contributed by atoms with Crippen LogP contribution in [-0.2, 0) is 4.74 Å². The van der Waals surface area contributed by atoms with Gasteiger partial charge in [-0.05, 0) is 46.5 Å². The zero-order valence-corrected chi connectivity index (χ0v) is 12.0. The summed E-state index contributed by atoms with van der Waals surface area (Å²) < 4.78 is 5.43. The molecular weight excluding hydrogens is 212 g/mol. The number of nitrogens with zero attached hydrogens (tertiary/aromatic N) is 1. The maximum Gasteiger partial charge on any atom is 0.0670 e. The van der Waals surface area contributed by atoms with Crippen molar-refractivity contribution >= 4 is 0 Å². The number of ether oxygens (including phenoxy) is 1. The van der Waals surface area contributed by atoms with E-state index in [1.807, 2.05) is 0 Å². The molecule has 1 saturated carbocycles. The predicted octanol–water partition coefficient (Wildman–Crippen LogP) is 1.87. The zero-order chi connectivity index (χ0) is 12.7. The van der Waals surface area contributed by atoms with Gasteiger partial charge in [-0.25, -0.2) is 0 Å². The van der Waals surface area contributed by atoms with Gasteiger partial charge in [0.1, 0.15) is 0 Å². The molecule has 1 heterocycles. The number of piperazine rings is 1. The molecule has 0 radical (unpaired) electrons. The van der Waals surface area contributed by atoms with Crippen LogP contribution >= 0.6 is 0 Å². The summed E-state index contributed by atoms with van der Waals surface area (Å²) in [5.74, 6) is 0.888. The molecule has 2 atom stereocenters. The molecule has 2 rings (SSSR count). The van der Waals surface area contributed by atoms with Gasteiger partial charge in [0.05, 0.1) is 6.10 Å². The highest BCUT2D eigenvalue weighted by molar-refractivity contribution is 5.06. The van der Waals surface area contributed by atoms with Gasteiger partial charge in [-0.15, -0.1) is 0 Å². The molecule has 2 unspecified atom stereocenters. The van der Waals surface area contributed by atoms with Crippen LogP contribution in [0.1, 0.15) is 40.5 Å². The Morgan fingerprint density at radius 3 is 2.53 bits per heavy atom. The molecule has 17 heavy (non-hydrogen) atoms. The minimum absolute atomic E-state index is 0.237. The van der Waals surface area contributed by atoms with Crippen LogP contribution in [0.3, 0.4) is 0 Å². The Balaban J connectivity index is 2.03. The third-order valence-electron chi connectivity index (χ3n) is 4.66. The molecule has 0 aromatic carbocycles. The lowest BCUT2D eigenvalue weighted by Gasteiger charge is -2.51. The number of nitrogens with one attached hydrogen (secondary N) is 1. The van der Waals surface area contributed by atoms with Gasteiger partial charge >= 0.3 is 0 Å². The molecule has 0 bridgehead atoms. The Morgan fingerprint density at radius 1 is 1.35 bits per heavy atom. The zero-order valence-electron chi connectivity index (χ0n) is 12.0. The summed E-state index contributed by atoms with van der Waals surface area (Å²) in [6, 6.07) is 0. The molecule has 0 spiro atoms. The fourth-order valence-corrected chi connectivity index (χ4v) is 2.89. The minimum Gasteiger partial charge on any atom is -0.380 e. The Bertz CT molecular complexity index is 275. The second-order valence-corrected chi connectivity index (χ2v) is 6.78. The fraction of sp³-hybridized carbons (Fsp3) is 1.00. The van der Waals surface area contributed by atoms with Crippen LogP contribution in [0.15, 0.2) is 0 Å². The third kappa shape index (κ3) is 2.83. The van der Waals surface area contributed by atoms with Crippen molar-refractivity contribution in [2.45, 2.75) is 57.7 Å². The average molecular weight is 240 g/mol. The first-order chi connectivity index (χ1) is 7.87. The highest BCUT2D eigenvalue weighted by atomic mass is 16.5. The highest BCUT2D eigenvalue weighted by Crippen LogP contribution is 2.42. The fourth-order valence-electron chi connectivity index (χ4n) is 2.89. The summed E-state index contributed by atoms with van der Waals surface area (Å²) in [7, 11) is 1.81. The number of methoxy groups -OCH3 is 1. The molecule has 1 saturated heterocycles. The number of hydrogen-bond acceptors (Lipinski definition) is 3. The summed E-state index contributed by atoms with van der Waals surface area (Å²) in [4.78, 5) is 2.61. The molecule has 3 nitrogen and oxygen atoms in total. The van der Waals surface area contributed by atoms with E-state index in [0.717, 1.165) is 25.6 Å². The number of hydrogen-bond donors (Lipinski definition) is 1. The quantitative estimate of drug-likeness (QED) is 0.812. The summed E-state index contributed by atoms with van der Waals surface area (Å²) in [5.41, 5.74) is 0.560. The Hall–Kier alpha value is -0.120. The lowest BCUT2D eigenvalue weighted by atomic mass is 9.86. The molecule has 100 valence electrons. The van der Waals surface area contributed by atoms with Crippen molar-refractivity contribution in [3.8, 4) is 0 Å². The van der Waals surface area contributed by atoms with Crippen LogP contribution < -0.4 is 5.32 Å². The molecule has 1 N–H and O–H groups in total. The summed E-state index contributed by atoms with van der Waals surface area (Å²) in [5, 5.41) is 3.79. The normalized spacial score (nSPS) is 35.8. The molecule has 1 aliphatic carbocycles. The van der Waals surface area contributed by atoms with Crippen molar-refractivity contribution in [1.82, 2.24) is 10.2 Å². The highest BCUT2D eigenvalue weighted by Gasteiger charge is 2.48. The van der Waals surface area contributed by atoms with Crippen molar-refractivity contribution in [2.24, 2.45) is 5.92 Å². The van der Waals surface area contributed by atoms with Crippen molar-refractivity contribution in [3.05, 3.63) is 0 Å². The van der Waals surface area contributed by atoms with Gasteiger partial charge < -0.3 is 10.1 Å². The maximum absolute atomic E-state index is 5.43. The van der Waals surface area contributed by atoms with E-state index in [1.54, 1.807) is 7.11 Å². The standard InChI is InChI=1S/C14H28N2O/c1-11(17-5)8-16-10-14(4,12-6-7-12)15-9-13(16,2)3/h11-12,15H,6-10H2,1-5H3. The summed E-state index contributed by atoms with van der Waals surface area (Å²) in [6.45, 7) is 12.5. The topological polar surface area (TPSA) is 24.5 Å². The van der Waals surface area contributed by atoms with E-state index >= 15 is 0 Å². The van der Waals surface area contributed by atoms with Crippen LogP contribution in [0.2, 0.25) is 0 Å². The lowest BCUT2D eigenvalue weighted by molar-refractivity contribution is -0.0153. The first-order valence-electron chi connectivity index (χ1n) is 6.90. The van der Waals surface area contributed by atoms with E-state index < -0.39 is 0 Å². The van der Waals surface area contributed by atoms with Crippen LogP contribution in [0.25, 0.3) is 0 Å². The van der Waals surface area contributed by atoms with E-state index in [9.17, 15) is 0 Å². The van der Waals surface area contributed by atoms with Gasteiger partial charge in [-0.1, -0.05) is 0 Å². The summed E-state index contributed by atoms with van der Waals surface area (Å²) >= 11 is 0. The van der Waals surface area contributed by atoms with Crippen LogP contribution in [0, 0.1) is 5.92 Å². The second-order valence-electron chi connectivity index (χ2n) is 6.78. The van der Waals surface area contributed by atoms with E-state index in [4.69, 9.17) is 4.74 Å². The van der Waals surface area contributed by atoms with Gasteiger partial charge in [-0.2, -0.15) is 0 Å². The van der Waals surface area contributed by atoms with Gasteiger partial charge in [-0.3, -0.25) is 4.90 Å². The van der Waals surface area contributed by atoms with Crippen molar-refractivity contribution in [3.63, 3.8) is 0 Å². The lowest BCUT2D eigenvalue weighted by Crippen LogP contribution is -2.68.